The van der Waals surface area contributed by atoms with Crippen LogP contribution in [0.2, 0.25) is 5.15 Å². The van der Waals surface area contributed by atoms with Crippen LogP contribution in [0, 0.1) is 0 Å². The second-order valence-corrected chi connectivity index (χ2v) is 6.71. The number of nitrogens with one attached hydrogen (secondary N) is 2. The van der Waals surface area contributed by atoms with Crippen LogP contribution in [0.1, 0.15) is 17.3 Å². The SMILES string of the molecule is CCOc1ccc(C(=O)NCCNC(=O)C(C=Nc2ccccc2)=C(N)C(F)(F)F)c(Cl)n1. The number of aromatic nitrogens is 1. The topological polar surface area (TPSA) is 119 Å². The van der Waals surface area contributed by atoms with Crippen LogP contribution in [0.4, 0.5) is 18.9 Å². The summed E-state index contributed by atoms with van der Waals surface area (Å²) >= 11 is 5.96. The largest absolute Gasteiger partial charge is 0.478 e. The Morgan fingerprint density at radius 3 is 2.42 bits per heavy atom. The summed E-state index contributed by atoms with van der Waals surface area (Å²) in [4.78, 5) is 32.3. The molecule has 1 aromatic carbocycles. The molecule has 2 aromatic rings. The highest BCUT2D eigenvalue weighted by Crippen LogP contribution is 2.24. The third kappa shape index (κ3) is 7.79. The molecule has 2 rings (SSSR count). The molecule has 0 aliphatic carbocycles. The van der Waals surface area contributed by atoms with E-state index in [1.54, 1.807) is 37.3 Å². The molecule has 0 atom stereocenters. The fourth-order valence-electron chi connectivity index (χ4n) is 2.41. The van der Waals surface area contributed by atoms with Crippen LogP contribution in [0.15, 0.2) is 58.7 Å². The minimum atomic E-state index is -4.93. The van der Waals surface area contributed by atoms with Crippen LogP contribution < -0.4 is 21.1 Å². The number of allylic oxidation sites excluding steroid dienone is 1. The van der Waals surface area contributed by atoms with E-state index >= 15 is 0 Å². The quantitative estimate of drug-likeness (QED) is 0.219. The van der Waals surface area contributed by atoms with Gasteiger partial charge in [0.15, 0.2) is 0 Å². The van der Waals surface area contributed by atoms with Crippen LogP contribution in [0.5, 0.6) is 5.88 Å². The highest BCUT2D eigenvalue weighted by atomic mass is 35.5. The first-order valence-electron chi connectivity index (χ1n) is 9.65. The molecule has 0 aliphatic rings. The third-order valence-corrected chi connectivity index (χ3v) is 4.28. The third-order valence-electron chi connectivity index (χ3n) is 4.00. The number of hydrogen-bond acceptors (Lipinski definition) is 6. The number of benzene rings is 1. The normalized spacial score (nSPS) is 12.3. The van der Waals surface area contributed by atoms with E-state index in [0.717, 1.165) is 6.21 Å². The van der Waals surface area contributed by atoms with Gasteiger partial charge in [-0.25, -0.2) is 4.98 Å². The van der Waals surface area contributed by atoms with E-state index in [1.807, 2.05) is 0 Å². The maximum absolute atomic E-state index is 13.1. The van der Waals surface area contributed by atoms with Gasteiger partial charge in [-0.2, -0.15) is 13.2 Å². The Kier molecular flexibility index (Phi) is 9.22. The molecule has 176 valence electrons. The predicted octanol–water partition coefficient (Wildman–Crippen LogP) is 3.16. The maximum Gasteiger partial charge on any atom is 0.431 e. The van der Waals surface area contributed by atoms with Gasteiger partial charge in [-0.05, 0) is 25.1 Å². The van der Waals surface area contributed by atoms with Gasteiger partial charge in [0.25, 0.3) is 11.8 Å². The van der Waals surface area contributed by atoms with Crippen molar-refractivity contribution in [2.75, 3.05) is 19.7 Å². The number of amides is 2. The van der Waals surface area contributed by atoms with E-state index < -0.39 is 29.3 Å². The molecule has 1 aromatic heterocycles. The Labute approximate surface area is 192 Å². The Bertz CT molecular complexity index is 1040. The molecule has 0 radical (unpaired) electrons. The molecular formula is C21H21ClF3N5O3. The number of alkyl halides is 3. The van der Waals surface area contributed by atoms with Gasteiger partial charge in [0.2, 0.25) is 5.88 Å². The van der Waals surface area contributed by atoms with E-state index in [2.05, 4.69) is 20.6 Å². The molecule has 0 spiro atoms. The number of hydrogen-bond donors (Lipinski definition) is 3. The van der Waals surface area contributed by atoms with Crippen LogP contribution in [0.3, 0.4) is 0 Å². The van der Waals surface area contributed by atoms with Crippen LogP contribution in [0.25, 0.3) is 0 Å². The average Bonchev–Trinajstić information content (AvgIpc) is 2.77. The van der Waals surface area contributed by atoms with Crippen molar-refractivity contribution < 1.29 is 27.5 Å². The summed E-state index contributed by atoms with van der Waals surface area (Å²) in [5, 5.41) is 4.67. The minimum absolute atomic E-state index is 0.0725. The first kappa shape index (κ1) is 25.7. The Balaban J connectivity index is 2.00. The molecule has 33 heavy (non-hydrogen) atoms. The van der Waals surface area contributed by atoms with Crippen molar-refractivity contribution in [1.29, 1.82) is 0 Å². The molecule has 8 nitrogen and oxygen atoms in total. The summed E-state index contributed by atoms with van der Waals surface area (Å²) in [6.07, 6.45) is -4.18. The number of nitrogens with two attached hydrogens (primary N) is 1. The number of carbonyl (C=O) groups excluding carboxylic acids is 2. The molecule has 4 N–H and O–H groups in total. The van der Waals surface area contributed by atoms with Crippen molar-refractivity contribution in [2.24, 2.45) is 10.7 Å². The molecule has 0 saturated carbocycles. The van der Waals surface area contributed by atoms with Gasteiger partial charge in [0, 0.05) is 25.4 Å². The molecule has 2 amide bonds. The zero-order chi connectivity index (χ0) is 24.4. The standard InChI is InChI=1S/C21H21ClF3N5O3/c1-2-33-16-9-8-14(18(22)30-16)19(31)27-10-11-28-20(32)15(17(26)21(23,24)25)12-29-13-6-4-3-5-7-13/h3-9,12H,2,10-11,26H2,1H3,(H,27,31)(H,28,32). The number of ether oxygens (including phenoxy) is 1. The molecule has 1 heterocycles. The molecule has 0 fully saturated rings. The molecule has 0 aliphatic heterocycles. The fourth-order valence-corrected chi connectivity index (χ4v) is 2.65. The van der Waals surface area contributed by atoms with Crippen molar-refractivity contribution in [3.05, 3.63) is 64.5 Å². The highest BCUT2D eigenvalue weighted by Gasteiger charge is 2.35. The Hall–Kier alpha value is -3.60. The minimum Gasteiger partial charge on any atom is -0.478 e. The fraction of sp³-hybridized carbons (Fsp3) is 0.238. The van der Waals surface area contributed by atoms with Crippen LogP contribution in [-0.2, 0) is 4.79 Å². The number of para-hydroxylation sites is 1. The lowest BCUT2D eigenvalue weighted by Crippen LogP contribution is -2.37. The monoisotopic (exact) mass is 483 g/mol. The van der Waals surface area contributed by atoms with E-state index in [0.29, 0.717) is 12.3 Å². The molecule has 0 saturated heterocycles. The Morgan fingerprint density at radius 2 is 1.82 bits per heavy atom. The number of carbonyl (C=O) groups is 2. The lowest BCUT2D eigenvalue weighted by atomic mass is 10.2. The van der Waals surface area contributed by atoms with Gasteiger partial charge in [-0.1, -0.05) is 29.8 Å². The number of aliphatic imine (C=N–C) groups is 1. The number of halogens is 4. The first-order chi connectivity index (χ1) is 15.6. The average molecular weight is 484 g/mol. The van der Waals surface area contributed by atoms with Crippen LogP contribution >= 0.6 is 11.6 Å². The van der Waals surface area contributed by atoms with Gasteiger partial charge >= 0.3 is 6.18 Å². The van der Waals surface area contributed by atoms with Crippen molar-refractivity contribution in [3.63, 3.8) is 0 Å². The lowest BCUT2D eigenvalue weighted by molar-refractivity contribution is -0.118. The van der Waals surface area contributed by atoms with Gasteiger partial charge < -0.3 is 21.1 Å². The van der Waals surface area contributed by atoms with Gasteiger partial charge in [0.1, 0.15) is 10.9 Å². The molecular weight excluding hydrogens is 463 g/mol. The molecule has 0 bridgehead atoms. The molecule has 0 unspecified atom stereocenters. The summed E-state index contributed by atoms with van der Waals surface area (Å²) in [5.74, 6) is -1.43. The lowest BCUT2D eigenvalue weighted by Gasteiger charge is -2.12. The summed E-state index contributed by atoms with van der Waals surface area (Å²) in [7, 11) is 0. The first-order valence-corrected chi connectivity index (χ1v) is 10.0. The van der Waals surface area contributed by atoms with E-state index in [9.17, 15) is 22.8 Å². The maximum atomic E-state index is 13.1. The van der Waals surface area contributed by atoms with Crippen molar-refractivity contribution in [2.45, 2.75) is 13.1 Å². The number of rotatable bonds is 9. The predicted molar refractivity (Wildman–Crippen MR) is 118 cm³/mol. The summed E-state index contributed by atoms with van der Waals surface area (Å²) in [6, 6.07) is 11.0. The second-order valence-electron chi connectivity index (χ2n) is 6.35. The van der Waals surface area contributed by atoms with Gasteiger partial charge in [0.05, 0.1) is 23.4 Å². The van der Waals surface area contributed by atoms with E-state index in [4.69, 9.17) is 22.1 Å². The zero-order valence-corrected chi connectivity index (χ0v) is 18.2. The number of pyridine rings is 1. The Morgan fingerprint density at radius 1 is 1.15 bits per heavy atom. The molecule has 12 heteroatoms. The number of nitrogens with zero attached hydrogens (tertiary/aromatic N) is 2. The van der Waals surface area contributed by atoms with E-state index in [1.165, 1.54) is 12.1 Å². The zero-order valence-electron chi connectivity index (χ0n) is 17.4. The smallest absolute Gasteiger partial charge is 0.431 e. The second kappa shape index (κ2) is 11.9. The van der Waals surface area contributed by atoms with Gasteiger partial charge in [-0.3, -0.25) is 14.6 Å². The van der Waals surface area contributed by atoms with Crippen LogP contribution in [-0.4, -0.2) is 48.9 Å². The summed E-state index contributed by atoms with van der Waals surface area (Å²) in [5.41, 5.74) is 3.11. The van der Waals surface area contributed by atoms with E-state index in [-0.39, 0.29) is 29.7 Å². The van der Waals surface area contributed by atoms with Crippen molar-refractivity contribution >= 4 is 35.3 Å². The van der Waals surface area contributed by atoms with Gasteiger partial charge in [-0.15, -0.1) is 0 Å². The summed E-state index contributed by atoms with van der Waals surface area (Å²) in [6.45, 7) is 1.87. The van der Waals surface area contributed by atoms with Crippen molar-refractivity contribution in [3.8, 4) is 5.88 Å². The summed E-state index contributed by atoms with van der Waals surface area (Å²) < 4.78 is 44.4. The van der Waals surface area contributed by atoms with Crippen molar-refractivity contribution in [1.82, 2.24) is 15.6 Å². The highest BCUT2D eigenvalue weighted by molar-refractivity contribution is 6.32.